The highest BCUT2D eigenvalue weighted by Crippen LogP contribution is 2.34. The Balaban J connectivity index is 1.70. The van der Waals surface area contributed by atoms with Gasteiger partial charge in [-0.3, -0.25) is 9.59 Å². The molecule has 27 heavy (non-hydrogen) atoms. The maximum Gasteiger partial charge on any atom is 0.271 e. The van der Waals surface area contributed by atoms with E-state index in [0.29, 0.717) is 24.4 Å². The largest absolute Gasteiger partial charge is 0.460 e. The number of nitrogens with one attached hydrogen (secondary N) is 1. The van der Waals surface area contributed by atoms with Gasteiger partial charge >= 0.3 is 0 Å². The molecule has 1 aliphatic heterocycles. The highest BCUT2D eigenvalue weighted by Gasteiger charge is 2.48. The van der Waals surface area contributed by atoms with Gasteiger partial charge in [-0.15, -0.1) is 0 Å². The fraction of sp³-hybridized carbons (Fsp3) is 0.619. The van der Waals surface area contributed by atoms with Gasteiger partial charge in [-0.2, -0.15) is 0 Å². The lowest BCUT2D eigenvalue weighted by molar-refractivity contribution is -0.133. The lowest BCUT2D eigenvalue weighted by Gasteiger charge is -2.44. The van der Waals surface area contributed by atoms with Crippen LogP contribution in [0.25, 0.3) is 11.1 Å². The average Bonchev–Trinajstić information content (AvgIpc) is 3.16. The van der Waals surface area contributed by atoms with Crippen molar-refractivity contribution in [2.24, 2.45) is 0 Å². The van der Waals surface area contributed by atoms with Gasteiger partial charge in [0.25, 0.3) is 5.91 Å². The van der Waals surface area contributed by atoms with Crippen LogP contribution < -0.4 is 5.32 Å². The Morgan fingerprint density at radius 3 is 2.74 bits per heavy atom. The van der Waals surface area contributed by atoms with Crippen LogP contribution in [0.5, 0.6) is 0 Å². The van der Waals surface area contributed by atoms with E-state index in [9.17, 15) is 9.59 Å². The first-order chi connectivity index (χ1) is 12.9. The molecule has 2 aliphatic rings. The minimum absolute atomic E-state index is 0.0380. The van der Waals surface area contributed by atoms with Crippen molar-refractivity contribution in [2.75, 3.05) is 6.54 Å². The highest BCUT2D eigenvalue weighted by atomic mass is 16.3. The van der Waals surface area contributed by atoms with Gasteiger partial charge in [-0.25, -0.2) is 0 Å². The maximum atomic E-state index is 13.4. The van der Waals surface area contributed by atoms with Crippen LogP contribution in [0.15, 0.2) is 16.5 Å². The van der Waals surface area contributed by atoms with Crippen LogP contribution in [0, 0.1) is 6.92 Å². The molecule has 0 bridgehead atoms. The summed E-state index contributed by atoms with van der Waals surface area (Å²) in [5.41, 5.74) is 1.32. The Labute approximate surface area is 159 Å². The predicted molar refractivity (Wildman–Crippen MR) is 104 cm³/mol. The molecule has 1 unspecified atom stereocenters. The average molecular weight is 371 g/mol. The molecule has 2 amide bonds. The third-order valence-electron chi connectivity index (χ3n) is 6.12. The van der Waals surface area contributed by atoms with Crippen molar-refractivity contribution >= 4 is 22.9 Å². The minimum Gasteiger partial charge on any atom is -0.460 e. The smallest absolute Gasteiger partial charge is 0.271 e. The lowest BCUT2D eigenvalue weighted by atomic mass is 9.91. The monoisotopic (exact) mass is 371 g/mol. The second-order valence-electron chi connectivity index (χ2n) is 8.26. The number of amides is 2. The van der Waals surface area contributed by atoms with Crippen molar-refractivity contribution < 1.29 is 14.0 Å². The van der Waals surface area contributed by atoms with Crippen LogP contribution in [-0.2, 0) is 11.3 Å². The Hall–Kier alpha value is -2.24. The van der Waals surface area contributed by atoms with Gasteiger partial charge in [0.05, 0.1) is 12.1 Å². The van der Waals surface area contributed by atoms with E-state index in [1.807, 2.05) is 37.5 Å². The quantitative estimate of drug-likeness (QED) is 0.893. The summed E-state index contributed by atoms with van der Waals surface area (Å²) in [5, 5.41) is 3.24. The summed E-state index contributed by atoms with van der Waals surface area (Å²) in [6, 6.07) is 3.98. The van der Waals surface area contributed by atoms with Gasteiger partial charge in [0, 0.05) is 24.7 Å². The van der Waals surface area contributed by atoms with Crippen molar-refractivity contribution in [2.45, 2.75) is 77.4 Å². The minimum atomic E-state index is -0.894. The summed E-state index contributed by atoms with van der Waals surface area (Å²) in [5.74, 6) is 0.685. The second kappa shape index (κ2) is 6.73. The first kappa shape index (κ1) is 18.1. The number of hydrogen-bond acceptors (Lipinski definition) is 3. The molecule has 1 saturated carbocycles. The number of furan rings is 1. The van der Waals surface area contributed by atoms with Crippen molar-refractivity contribution in [1.29, 1.82) is 0 Å². The summed E-state index contributed by atoms with van der Waals surface area (Å²) < 4.78 is 7.68. The molecule has 0 saturated heterocycles. The second-order valence-corrected chi connectivity index (χ2v) is 8.26. The van der Waals surface area contributed by atoms with Gasteiger partial charge in [0.2, 0.25) is 5.91 Å². The van der Waals surface area contributed by atoms with E-state index in [1.54, 1.807) is 4.90 Å². The molecule has 0 spiro atoms. The molecule has 1 fully saturated rings. The Kier molecular flexibility index (Phi) is 4.52. The molecule has 146 valence electrons. The highest BCUT2D eigenvalue weighted by molar-refractivity contribution is 6.03. The Morgan fingerprint density at radius 1 is 1.30 bits per heavy atom. The number of aromatic nitrogens is 1. The summed E-state index contributed by atoms with van der Waals surface area (Å²) in [4.78, 5) is 28.4. The number of aryl methyl sites for hydroxylation is 1. The summed E-state index contributed by atoms with van der Waals surface area (Å²) in [6.45, 7) is 6.86. The first-order valence-corrected chi connectivity index (χ1v) is 10.2. The van der Waals surface area contributed by atoms with Crippen molar-refractivity contribution in [1.82, 2.24) is 14.8 Å². The van der Waals surface area contributed by atoms with Crippen molar-refractivity contribution in [3.05, 3.63) is 23.6 Å². The molecule has 1 atom stereocenters. The fourth-order valence-electron chi connectivity index (χ4n) is 4.62. The normalized spacial score (nSPS) is 23.7. The third kappa shape index (κ3) is 2.95. The molecule has 1 aliphatic carbocycles. The zero-order valence-corrected chi connectivity index (χ0v) is 16.5. The van der Waals surface area contributed by atoms with Crippen molar-refractivity contribution in [3.63, 3.8) is 0 Å². The van der Waals surface area contributed by atoms with Gasteiger partial charge in [-0.05, 0) is 33.1 Å². The number of nitrogens with zero attached hydrogens (tertiary/aromatic N) is 2. The standard InChI is InChI=1S/C21H29N3O3/c1-4-10-24-19(25)17-12-18-16(11-14(2)27-18)23(17)13-21(24,3)20(26)22-15-8-6-5-7-9-15/h11-12,15H,4-10,13H2,1-3H3,(H,22,26). The molecule has 0 aromatic carbocycles. The zero-order chi connectivity index (χ0) is 19.2. The molecule has 1 N–H and O–H groups in total. The van der Waals surface area contributed by atoms with Crippen LogP contribution in [-0.4, -0.2) is 39.4 Å². The Bertz CT molecular complexity index is 875. The maximum absolute atomic E-state index is 13.4. The molecular formula is C21H29N3O3. The molecule has 2 aromatic rings. The van der Waals surface area contributed by atoms with Crippen LogP contribution in [0.2, 0.25) is 0 Å². The summed E-state index contributed by atoms with van der Waals surface area (Å²) >= 11 is 0. The van der Waals surface area contributed by atoms with E-state index < -0.39 is 5.54 Å². The van der Waals surface area contributed by atoms with E-state index in [4.69, 9.17) is 4.42 Å². The number of fused-ring (bicyclic) bond motifs is 3. The molecule has 0 radical (unpaired) electrons. The first-order valence-electron chi connectivity index (χ1n) is 10.2. The van der Waals surface area contributed by atoms with Crippen LogP contribution >= 0.6 is 0 Å². The van der Waals surface area contributed by atoms with E-state index in [1.165, 1.54) is 6.42 Å². The zero-order valence-electron chi connectivity index (χ0n) is 16.5. The summed E-state index contributed by atoms with van der Waals surface area (Å²) in [6.07, 6.45) is 6.45. The topological polar surface area (TPSA) is 67.5 Å². The molecule has 2 aromatic heterocycles. The molecule has 6 nitrogen and oxygen atoms in total. The molecule has 3 heterocycles. The van der Waals surface area contributed by atoms with Gasteiger partial charge in [-0.1, -0.05) is 26.2 Å². The predicted octanol–water partition coefficient (Wildman–Crippen LogP) is 3.62. The fourth-order valence-corrected chi connectivity index (χ4v) is 4.62. The van der Waals surface area contributed by atoms with Gasteiger partial charge < -0.3 is 19.2 Å². The van der Waals surface area contributed by atoms with Crippen LogP contribution in [0.1, 0.15) is 68.6 Å². The SMILES string of the molecule is CCCN1C(=O)c2cc3oc(C)cc3n2CC1(C)C(=O)NC1CCCCC1. The third-order valence-corrected chi connectivity index (χ3v) is 6.12. The van der Waals surface area contributed by atoms with Crippen molar-refractivity contribution in [3.8, 4) is 0 Å². The lowest BCUT2D eigenvalue weighted by Crippen LogP contribution is -2.65. The number of carbonyl (C=O) groups is 2. The molecular weight excluding hydrogens is 342 g/mol. The van der Waals surface area contributed by atoms with Crippen LogP contribution in [0.3, 0.4) is 0 Å². The Morgan fingerprint density at radius 2 is 2.04 bits per heavy atom. The number of hydrogen-bond donors (Lipinski definition) is 1. The van der Waals surface area contributed by atoms with Crippen LogP contribution in [0.4, 0.5) is 0 Å². The van der Waals surface area contributed by atoms with E-state index in [0.717, 1.165) is 43.4 Å². The van der Waals surface area contributed by atoms with E-state index in [2.05, 4.69) is 5.32 Å². The van der Waals surface area contributed by atoms with E-state index >= 15 is 0 Å². The van der Waals surface area contributed by atoms with Gasteiger partial charge in [0.15, 0.2) is 5.58 Å². The molecule has 6 heteroatoms. The number of carbonyl (C=O) groups excluding carboxylic acids is 2. The number of rotatable bonds is 4. The summed E-state index contributed by atoms with van der Waals surface area (Å²) in [7, 11) is 0. The van der Waals surface area contributed by atoms with E-state index in [-0.39, 0.29) is 17.9 Å². The molecule has 4 rings (SSSR count). The van der Waals surface area contributed by atoms with Gasteiger partial charge in [0.1, 0.15) is 17.0 Å².